The molecule has 1 atom stereocenters. The lowest BCUT2D eigenvalue weighted by Crippen LogP contribution is -2.26. The standard InChI is InChI=1S/C17H17ClO4/c1-2-21-16(17(19)20)11-12-10-13(18)8-9-15(12)22-14-6-4-3-5-7-14/h3-10,16H,2,11H2,1H3,(H,19,20). The number of carboxylic acid groups (broad SMARTS) is 1. The zero-order chi connectivity index (χ0) is 15.9. The van der Waals surface area contributed by atoms with Crippen molar-refractivity contribution in [3.8, 4) is 11.5 Å². The molecule has 0 heterocycles. The zero-order valence-electron chi connectivity index (χ0n) is 12.2. The minimum absolute atomic E-state index is 0.186. The van der Waals surface area contributed by atoms with E-state index in [-0.39, 0.29) is 6.42 Å². The van der Waals surface area contributed by atoms with Crippen LogP contribution in [0.15, 0.2) is 48.5 Å². The summed E-state index contributed by atoms with van der Waals surface area (Å²) in [4.78, 5) is 11.2. The highest BCUT2D eigenvalue weighted by molar-refractivity contribution is 6.30. The lowest BCUT2D eigenvalue weighted by Gasteiger charge is -2.16. The van der Waals surface area contributed by atoms with E-state index < -0.39 is 12.1 Å². The molecule has 2 aromatic carbocycles. The van der Waals surface area contributed by atoms with Gasteiger partial charge in [0.15, 0.2) is 6.10 Å². The van der Waals surface area contributed by atoms with Gasteiger partial charge >= 0.3 is 5.97 Å². The SMILES string of the molecule is CCOC(Cc1cc(Cl)ccc1Oc1ccccc1)C(=O)O. The van der Waals surface area contributed by atoms with Gasteiger partial charge in [0.05, 0.1) is 0 Å². The van der Waals surface area contributed by atoms with Gasteiger partial charge in [-0.25, -0.2) is 4.79 Å². The summed E-state index contributed by atoms with van der Waals surface area (Å²) in [6, 6.07) is 14.4. The summed E-state index contributed by atoms with van der Waals surface area (Å²) in [5.41, 5.74) is 0.692. The smallest absolute Gasteiger partial charge is 0.333 e. The summed E-state index contributed by atoms with van der Waals surface area (Å²) in [5.74, 6) is 0.239. The summed E-state index contributed by atoms with van der Waals surface area (Å²) in [7, 11) is 0. The summed E-state index contributed by atoms with van der Waals surface area (Å²) >= 11 is 6.02. The molecule has 1 unspecified atom stereocenters. The number of carboxylic acids is 1. The molecule has 1 N–H and O–H groups in total. The van der Waals surface area contributed by atoms with E-state index >= 15 is 0 Å². The number of hydrogen-bond acceptors (Lipinski definition) is 3. The number of rotatable bonds is 7. The molecule has 0 bridgehead atoms. The van der Waals surface area contributed by atoms with Gasteiger partial charge in [-0.05, 0) is 42.8 Å². The first-order chi connectivity index (χ1) is 10.6. The molecule has 0 spiro atoms. The first-order valence-electron chi connectivity index (χ1n) is 6.96. The molecule has 0 aliphatic carbocycles. The van der Waals surface area contributed by atoms with Gasteiger partial charge in [-0.15, -0.1) is 0 Å². The van der Waals surface area contributed by atoms with E-state index in [2.05, 4.69) is 0 Å². The second-order valence-corrected chi connectivity index (χ2v) is 5.09. The summed E-state index contributed by atoms with van der Waals surface area (Å²) in [5, 5.41) is 9.74. The predicted molar refractivity (Wildman–Crippen MR) is 84.7 cm³/mol. The Morgan fingerprint density at radius 1 is 1.23 bits per heavy atom. The van der Waals surface area contributed by atoms with Gasteiger partial charge in [0, 0.05) is 18.1 Å². The number of benzene rings is 2. The fourth-order valence-electron chi connectivity index (χ4n) is 2.04. The van der Waals surface area contributed by atoms with Crippen LogP contribution in [-0.2, 0) is 16.0 Å². The van der Waals surface area contributed by atoms with Gasteiger partial charge in [-0.1, -0.05) is 29.8 Å². The van der Waals surface area contributed by atoms with Crippen molar-refractivity contribution in [3.05, 3.63) is 59.1 Å². The zero-order valence-corrected chi connectivity index (χ0v) is 12.9. The largest absolute Gasteiger partial charge is 0.479 e. The Balaban J connectivity index is 2.25. The van der Waals surface area contributed by atoms with Gasteiger partial charge in [-0.2, -0.15) is 0 Å². The van der Waals surface area contributed by atoms with Gasteiger partial charge in [0.2, 0.25) is 0 Å². The summed E-state index contributed by atoms with van der Waals surface area (Å²) < 4.78 is 11.1. The average Bonchev–Trinajstić information content (AvgIpc) is 2.50. The normalized spacial score (nSPS) is 11.9. The molecule has 22 heavy (non-hydrogen) atoms. The minimum Gasteiger partial charge on any atom is -0.479 e. The highest BCUT2D eigenvalue weighted by Gasteiger charge is 2.20. The Morgan fingerprint density at radius 2 is 1.95 bits per heavy atom. The van der Waals surface area contributed by atoms with E-state index in [9.17, 15) is 9.90 Å². The van der Waals surface area contributed by atoms with Crippen molar-refractivity contribution < 1.29 is 19.4 Å². The van der Waals surface area contributed by atoms with Crippen LogP contribution >= 0.6 is 11.6 Å². The molecule has 5 heteroatoms. The Labute approximate surface area is 134 Å². The Kier molecular flexibility index (Phi) is 5.81. The van der Waals surface area contributed by atoms with Crippen LogP contribution in [0, 0.1) is 0 Å². The molecule has 116 valence electrons. The molecule has 0 aliphatic rings. The van der Waals surface area contributed by atoms with E-state index in [1.54, 1.807) is 25.1 Å². The maximum atomic E-state index is 11.2. The average molecular weight is 321 g/mol. The van der Waals surface area contributed by atoms with Gasteiger partial charge < -0.3 is 14.6 Å². The molecule has 4 nitrogen and oxygen atoms in total. The maximum Gasteiger partial charge on any atom is 0.333 e. The van der Waals surface area contributed by atoms with Crippen molar-refractivity contribution in [1.82, 2.24) is 0 Å². The van der Waals surface area contributed by atoms with Gasteiger partial charge in [-0.3, -0.25) is 0 Å². The molecule has 2 rings (SSSR count). The second-order valence-electron chi connectivity index (χ2n) is 4.65. The number of halogens is 1. The summed E-state index contributed by atoms with van der Waals surface area (Å²) in [6.07, 6.45) is -0.743. The first-order valence-corrected chi connectivity index (χ1v) is 7.33. The number of aliphatic carboxylic acids is 1. The van der Waals surface area contributed by atoms with Crippen molar-refractivity contribution in [1.29, 1.82) is 0 Å². The maximum absolute atomic E-state index is 11.2. The predicted octanol–water partition coefficient (Wildman–Crippen LogP) is 4.16. The highest BCUT2D eigenvalue weighted by Crippen LogP contribution is 2.29. The minimum atomic E-state index is -1.01. The van der Waals surface area contributed by atoms with E-state index in [4.69, 9.17) is 21.1 Å². The van der Waals surface area contributed by atoms with Crippen LogP contribution in [0.2, 0.25) is 5.02 Å². The summed E-state index contributed by atoms with van der Waals surface area (Å²) in [6.45, 7) is 2.09. The van der Waals surface area contributed by atoms with Crippen molar-refractivity contribution >= 4 is 17.6 Å². The van der Waals surface area contributed by atoms with Crippen molar-refractivity contribution in [2.24, 2.45) is 0 Å². The molecule has 0 saturated carbocycles. The third-order valence-corrected chi connectivity index (χ3v) is 3.28. The third-order valence-electron chi connectivity index (χ3n) is 3.04. The number of para-hydroxylation sites is 1. The van der Waals surface area contributed by atoms with Crippen LogP contribution in [-0.4, -0.2) is 23.8 Å². The molecule has 0 amide bonds. The second kappa shape index (κ2) is 7.82. The molecule has 0 fully saturated rings. The lowest BCUT2D eigenvalue weighted by atomic mass is 10.1. The number of carbonyl (C=O) groups is 1. The van der Waals surface area contributed by atoms with Crippen LogP contribution in [0.25, 0.3) is 0 Å². The van der Waals surface area contributed by atoms with Crippen molar-refractivity contribution in [2.45, 2.75) is 19.4 Å². The van der Waals surface area contributed by atoms with Gasteiger partial charge in [0.1, 0.15) is 11.5 Å². The molecular weight excluding hydrogens is 304 g/mol. The molecule has 0 radical (unpaired) electrons. The van der Waals surface area contributed by atoms with Crippen LogP contribution in [0.5, 0.6) is 11.5 Å². The van der Waals surface area contributed by atoms with Crippen molar-refractivity contribution in [3.63, 3.8) is 0 Å². The first kappa shape index (κ1) is 16.3. The molecule has 0 aliphatic heterocycles. The number of ether oxygens (including phenoxy) is 2. The van der Waals surface area contributed by atoms with E-state index in [0.717, 1.165) is 0 Å². The Bertz CT molecular complexity index is 628. The fourth-order valence-corrected chi connectivity index (χ4v) is 2.24. The Hall–Kier alpha value is -2.04. The monoisotopic (exact) mass is 320 g/mol. The van der Waals surface area contributed by atoms with E-state index in [1.807, 2.05) is 30.3 Å². The van der Waals surface area contributed by atoms with E-state index in [0.29, 0.717) is 28.7 Å². The molecular formula is C17H17ClO4. The fraction of sp³-hybridized carbons (Fsp3) is 0.235. The molecule has 0 saturated heterocycles. The van der Waals surface area contributed by atoms with Crippen LogP contribution < -0.4 is 4.74 Å². The van der Waals surface area contributed by atoms with Crippen LogP contribution in [0.3, 0.4) is 0 Å². The topological polar surface area (TPSA) is 55.8 Å². The van der Waals surface area contributed by atoms with E-state index in [1.165, 1.54) is 0 Å². The van der Waals surface area contributed by atoms with Crippen molar-refractivity contribution in [2.75, 3.05) is 6.61 Å². The number of hydrogen-bond donors (Lipinski definition) is 1. The van der Waals surface area contributed by atoms with Crippen LogP contribution in [0.4, 0.5) is 0 Å². The highest BCUT2D eigenvalue weighted by atomic mass is 35.5. The third kappa shape index (κ3) is 4.48. The lowest BCUT2D eigenvalue weighted by molar-refractivity contribution is -0.149. The van der Waals surface area contributed by atoms with Gasteiger partial charge in [0.25, 0.3) is 0 Å². The molecule has 0 aromatic heterocycles. The molecule has 2 aromatic rings. The quantitative estimate of drug-likeness (QED) is 0.832. The van der Waals surface area contributed by atoms with Crippen LogP contribution in [0.1, 0.15) is 12.5 Å². The Morgan fingerprint density at radius 3 is 2.59 bits per heavy atom.